The van der Waals surface area contributed by atoms with Crippen molar-refractivity contribution in [3.8, 4) is 22.4 Å². The number of nitrogens with one attached hydrogen (secondary N) is 1. The van der Waals surface area contributed by atoms with Gasteiger partial charge in [0.1, 0.15) is 5.82 Å². The maximum Gasteiger partial charge on any atom is 0.193 e. The van der Waals surface area contributed by atoms with E-state index in [2.05, 4.69) is 17.1 Å². The minimum absolute atomic E-state index is 0.143. The zero-order valence-corrected chi connectivity index (χ0v) is 13.7. The topological polar surface area (TPSA) is 32.9 Å². The predicted octanol–water partition coefficient (Wildman–Crippen LogP) is 5.31. The SMILES string of the molecule is Cc1c(-c2ccc(-c3ccccc3)cc2)[nH]c2ccc(F)cc2c1=O. The summed E-state index contributed by atoms with van der Waals surface area (Å²) in [6, 6.07) is 22.4. The minimum Gasteiger partial charge on any atom is -0.354 e. The van der Waals surface area contributed by atoms with E-state index in [4.69, 9.17) is 0 Å². The summed E-state index contributed by atoms with van der Waals surface area (Å²) in [6.07, 6.45) is 0. The van der Waals surface area contributed by atoms with Crippen molar-refractivity contribution < 1.29 is 4.39 Å². The van der Waals surface area contributed by atoms with Crippen molar-refractivity contribution in [1.29, 1.82) is 0 Å². The van der Waals surface area contributed by atoms with E-state index in [1.807, 2.05) is 42.5 Å². The number of benzene rings is 3. The van der Waals surface area contributed by atoms with Gasteiger partial charge in [0.2, 0.25) is 0 Å². The van der Waals surface area contributed by atoms with E-state index in [1.165, 1.54) is 12.1 Å². The molecular formula is C22H16FNO. The molecular weight excluding hydrogens is 313 g/mol. The highest BCUT2D eigenvalue weighted by atomic mass is 19.1. The second-order valence-electron chi connectivity index (χ2n) is 6.09. The van der Waals surface area contributed by atoms with Crippen LogP contribution < -0.4 is 5.43 Å². The molecule has 1 aromatic heterocycles. The number of H-pyrrole nitrogens is 1. The van der Waals surface area contributed by atoms with E-state index in [-0.39, 0.29) is 5.43 Å². The molecule has 0 fully saturated rings. The van der Waals surface area contributed by atoms with Crippen LogP contribution in [0.4, 0.5) is 4.39 Å². The van der Waals surface area contributed by atoms with Crippen molar-refractivity contribution in [2.75, 3.05) is 0 Å². The lowest BCUT2D eigenvalue weighted by molar-refractivity contribution is 0.629. The first-order valence-corrected chi connectivity index (χ1v) is 8.11. The van der Waals surface area contributed by atoms with Crippen molar-refractivity contribution >= 4 is 10.9 Å². The fourth-order valence-electron chi connectivity index (χ4n) is 3.11. The summed E-state index contributed by atoms with van der Waals surface area (Å²) in [4.78, 5) is 15.8. The molecule has 122 valence electrons. The normalized spacial score (nSPS) is 11.0. The van der Waals surface area contributed by atoms with Crippen LogP contribution in [-0.2, 0) is 0 Å². The van der Waals surface area contributed by atoms with Gasteiger partial charge < -0.3 is 4.98 Å². The van der Waals surface area contributed by atoms with Crippen LogP contribution in [0.1, 0.15) is 5.56 Å². The number of fused-ring (bicyclic) bond motifs is 1. The number of pyridine rings is 1. The van der Waals surface area contributed by atoms with Crippen LogP contribution in [-0.4, -0.2) is 4.98 Å². The Balaban J connectivity index is 1.83. The predicted molar refractivity (Wildman–Crippen MR) is 100 cm³/mol. The van der Waals surface area contributed by atoms with Gasteiger partial charge >= 0.3 is 0 Å². The Morgan fingerprint density at radius 3 is 2.16 bits per heavy atom. The molecule has 4 aromatic rings. The highest BCUT2D eigenvalue weighted by Gasteiger charge is 2.11. The lowest BCUT2D eigenvalue weighted by Gasteiger charge is -2.10. The Bertz CT molecular complexity index is 1110. The quantitative estimate of drug-likeness (QED) is 0.531. The Morgan fingerprint density at radius 2 is 1.44 bits per heavy atom. The Morgan fingerprint density at radius 1 is 0.800 bits per heavy atom. The lowest BCUT2D eigenvalue weighted by Crippen LogP contribution is -2.09. The molecule has 0 saturated heterocycles. The zero-order valence-electron chi connectivity index (χ0n) is 13.7. The molecule has 0 radical (unpaired) electrons. The molecule has 0 saturated carbocycles. The van der Waals surface area contributed by atoms with Crippen molar-refractivity contribution in [3.05, 3.63) is 94.4 Å². The van der Waals surface area contributed by atoms with Gasteiger partial charge in [-0.05, 0) is 41.8 Å². The minimum atomic E-state index is -0.405. The van der Waals surface area contributed by atoms with Crippen LogP contribution >= 0.6 is 0 Å². The molecule has 25 heavy (non-hydrogen) atoms. The Hall–Kier alpha value is -3.20. The van der Waals surface area contributed by atoms with Gasteiger partial charge in [-0.2, -0.15) is 0 Å². The molecule has 0 spiro atoms. The second kappa shape index (κ2) is 6.02. The molecule has 0 aliphatic carbocycles. The molecule has 0 bridgehead atoms. The highest BCUT2D eigenvalue weighted by Crippen LogP contribution is 2.26. The second-order valence-corrected chi connectivity index (χ2v) is 6.09. The monoisotopic (exact) mass is 329 g/mol. The van der Waals surface area contributed by atoms with Crippen molar-refractivity contribution in [1.82, 2.24) is 4.98 Å². The van der Waals surface area contributed by atoms with Crippen LogP contribution in [0, 0.1) is 12.7 Å². The highest BCUT2D eigenvalue weighted by molar-refractivity contribution is 5.83. The molecule has 1 heterocycles. The summed E-state index contributed by atoms with van der Waals surface area (Å²) in [5, 5.41) is 0.377. The van der Waals surface area contributed by atoms with E-state index in [0.29, 0.717) is 16.5 Å². The van der Waals surface area contributed by atoms with Gasteiger partial charge in [0.05, 0.1) is 5.69 Å². The molecule has 0 unspecified atom stereocenters. The third-order valence-electron chi connectivity index (χ3n) is 4.48. The fraction of sp³-hybridized carbons (Fsp3) is 0.0455. The number of aromatic amines is 1. The van der Waals surface area contributed by atoms with Crippen molar-refractivity contribution in [3.63, 3.8) is 0 Å². The molecule has 0 amide bonds. The molecule has 0 aliphatic rings. The number of aromatic nitrogens is 1. The van der Waals surface area contributed by atoms with Crippen LogP contribution in [0.25, 0.3) is 33.3 Å². The number of halogens is 1. The van der Waals surface area contributed by atoms with Gasteiger partial charge in [0.15, 0.2) is 5.43 Å². The summed E-state index contributed by atoms with van der Waals surface area (Å²) < 4.78 is 13.4. The number of hydrogen-bond donors (Lipinski definition) is 1. The van der Waals surface area contributed by atoms with Crippen LogP contribution in [0.15, 0.2) is 77.6 Å². The van der Waals surface area contributed by atoms with Crippen LogP contribution in [0.5, 0.6) is 0 Å². The van der Waals surface area contributed by atoms with E-state index in [0.717, 1.165) is 22.4 Å². The van der Waals surface area contributed by atoms with Crippen LogP contribution in [0.3, 0.4) is 0 Å². The average molecular weight is 329 g/mol. The summed E-state index contributed by atoms with van der Waals surface area (Å²) >= 11 is 0. The van der Waals surface area contributed by atoms with Gasteiger partial charge in [-0.25, -0.2) is 4.39 Å². The lowest BCUT2D eigenvalue weighted by atomic mass is 10.00. The van der Waals surface area contributed by atoms with Gasteiger partial charge in [0, 0.05) is 16.5 Å². The smallest absolute Gasteiger partial charge is 0.193 e. The van der Waals surface area contributed by atoms with Gasteiger partial charge in [-0.15, -0.1) is 0 Å². The molecule has 0 atom stereocenters. The Kier molecular flexibility index (Phi) is 3.69. The van der Waals surface area contributed by atoms with Gasteiger partial charge in [0.25, 0.3) is 0 Å². The maximum absolute atomic E-state index is 13.4. The molecule has 3 heteroatoms. The van der Waals surface area contributed by atoms with E-state index in [1.54, 1.807) is 13.0 Å². The third kappa shape index (κ3) is 2.74. The molecule has 2 nitrogen and oxygen atoms in total. The molecule has 3 aromatic carbocycles. The molecule has 0 aliphatic heterocycles. The number of rotatable bonds is 2. The molecule has 1 N–H and O–H groups in total. The van der Waals surface area contributed by atoms with Crippen LogP contribution in [0.2, 0.25) is 0 Å². The summed E-state index contributed by atoms with van der Waals surface area (Å²) in [7, 11) is 0. The largest absolute Gasteiger partial charge is 0.354 e. The van der Waals surface area contributed by atoms with Crippen molar-refractivity contribution in [2.24, 2.45) is 0 Å². The summed E-state index contributed by atoms with van der Waals surface area (Å²) in [5.74, 6) is -0.405. The maximum atomic E-state index is 13.4. The van der Waals surface area contributed by atoms with Gasteiger partial charge in [-0.3, -0.25) is 4.79 Å². The third-order valence-corrected chi connectivity index (χ3v) is 4.48. The number of hydrogen-bond acceptors (Lipinski definition) is 1. The van der Waals surface area contributed by atoms with E-state index >= 15 is 0 Å². The zero-order chi connectivity index (χ0) is 17.4. The summed E-state index contributed by atoms with van der Waals surface area (Å²) in [5.41, 5.74) is 5.05. The first kappa shape index (κ1) is 15.3. The van der Waals surface area contributed by atoms with Crippen molar-refractivity contribution in [2.45, 2.75) is 6.92 Å². The fourth-order valence-corrected chi connectivity index (χ4v) is 3.11. The average Bonchev–Trinajstić information content (AvgIpc) is 2.66. The first-order chi connectivity index (χ1) is 12.1. The standard InChI is InChI=1S/C22H16FNO/c1-14-21(24-20-12-11-18(23)13-19(20)22(14)25)17-9-7-16(8-10-17)15-5-3-2-4-6-15/h2-13H,1H3,(H,24,25). The van der Waals surface area contributed by atoms with Gasteiger partial charge in [-0.1, -0.05) is 54.6 Å². The van der Waals surface area contributed by atoms with E-state index in [9.17, 15) is 9.18 Å². The van der Waals surface area contributed by atoms with E-state index < -0.39 is 5.82 Å². The Labute approximate surface area is 144 Å². The summed E-state index contributed by atoms with van der Waals surface area (Å²) in [6.45, 7) is 1.77. The first-order valence-electron chi connectivity index (χ1n) is 8.11. The molecule has 4 rings (SSSR count).